The van der Waals surface area contributed by atoms with Crippen molar-refractivity contribution in [2.45, 2.75) is 24.4 Å². The number of halogens is 1. The molecular formula is C6H11IO6. The van der Waals surface area contributed by atoms with Gasteiger partial charge in [0.15, 0.2) is 6.29 Å². The first-order valence-electron chi connectivity index (χ1n) is 3.45. The number of aldehydes is 1. The summed E-state index contributed by atoms with van der Waals surface area (Å²) in [7, 11) is 0. The standard InChI is InChI=1S/C6H11IO6/c7-13-2-4(10)6(12)5(11)3(9)1-8/h1,3-6,9-12H,2H2/t3-,4+,5+,6-/m0/s1. The predicted molar refractivity (Wildman–Crippen MR) is 50.1 cm³/mol. The lowest BCUT2D eigenvalue weighted by molar-refractivity contribution is -0.135. The SMILES string of the molecule is O=C[C@H](O)[C@@H](O)[C@@H](O)[C@H](O)COI. The van der Waals surface area contributed by atoms with E-state index in [0.717, 1.165) is 0 Å². The number of carbonyl (C=O) groups is 1. The van der Waals surface area contributed by atoms with Crippen LogP contribution in [0.4, 0.5) is 0 Å². The van der Waals surface area contributed by atoms with E-state index < -0.39 is 24.4 Å². The van der Waals surface area contributed by atoms with Gasteiger partial charge < -0.3 is 28.3 Å². The maximum absolute atomic E-state index is 10.00. The van der Waals surface area contributed by atoms with Crippen molar-refractivity contribution in [3.05, 3.63) is 0 Å². The van der Waals surface area contributed by atoms with Crippen molar-refractivity contribution in [3.63, 3.8) is 0 Å². The molecule has 0 aliphatic carbocycles. The monoisotopic (exact) mass is 306 g/mol. The first kappa shape index (κ1) is 13.2. The van der Waals surface area contributed by atoms with Crippen LogP contribution in [0.15, 0.2) is 0 Å². The molecule has 4 atom stereocenters. The molecule has 0 aliphatic heterocycles. The fourth-order valence-electron chi connectivity index (χ4n) is 0.673. The Kier molecular flexibility index (Phi) is 6.73. The minimum absolute atomic E-state index is 0.0749. The van der Waals surface area contributed by atoms with Gasteiger partial charge in [0.05, 0.1) is 6.61 Å². The number of rotatable bonds is 6. The van der Waals surface area contributed by atoms with Gasteiger partial charge in [-0.05, 0) is 0 Å². The third-order valence-corrected chi connectivity index (χ3v) is 1.83. The third-order valence-electron chi connectivity index (χ3n) is 1.47. The minimum atomic E-state index is -1.71. The zero-order valence-electron chi connectivity index (χ0n) is 6.58. The van der Waals surface area contributed by atoms with Crippen LogP contribution < -0.4 is 0 Å². The van der Waals surface area contributed by atoms with Gasteiger partial charge in [0.2, 0.25) is 0 Å². The molecule has 0 saturated heterocycles. The van der Waals surface area contributed by atoms with Crippen molar-refractivity contribution in [1.82, 2.24) is 0 Å². The van der Waals surface area contributed by atoms with Gasteiger partial charge in [-0.3, -0.25) is 0 Å². The molecule has 0 rings (SSSR count). The Morgan fingerprint density at radius 2 is 1.77 bits per heavy atom. The Bertz CT molecular complexity index is 154. The van der Waals surface area contributed by atoms with E-state index in [1.807, 2.05) is 0 Å². The van der Waals surface area contributed by atoms with E-state index in [2.05, 4.69) is 3.07 Å². The summed E-state index contributed by atoms with van der Waals surface area (Å²) in [5.41, 5.74) is 0. The summed E-state index contributed by atoms with van der Waals surface area (Å²) in [6, 6.07) is 0. The van der Waals surface area contributed by atoms with E-state index in [1.54, 1.807) is 0 Å². The Balaban J connectivity index is 4.06. The molecule has 13 heavy (non-hydrogen) atoms. The summed E-state index contributed by atoms with van der Waals surface area (Å²) in [5.74, 6) is 0. The molecule has 0 fully saturated rings. The summed E-state index contributed by atoms with van der Waals surface area (Å²) in [5, 5.41) is 36.0. The van der Waals surface area contributed by atoms with E-state index in [0.29, 0.717) is 0 Å². The van der Waals surface area contributed by atoms with Crippen LogP contribution >= 0.6 is 23.0 Å². The van der Waals surface area contributed by atoms with Crippen molar-refractivity contribution < 1.29 is 28.3 Å². The van der Waals surface area contributed by atoms with Gasteiger partial charge in [0.1, 0.15) is 47.4 Å². The van der Waals surface area contributed by atoms with Crippen LogP contribution in [0.5, 0.6) is 0 Å². The first-order valence-corrected chi connectivity index (χ1v) is 4.33. The zero-order valence-corrected chi connectivity index (χ0v) is 8.73. The summed E-state index contributed by atoms with van der Waals surface area (Å²) in [4.78, 5) is 10.00. The van der Waals surface area contributed by atoms with Crippen LogP contribution in [0.25, 0.3) is 0 Å². The molecule has 0 unspecified atom stereocenters. The highest BCUT2D eigenvalue weighted by molar-refractivity contribution is 14.1. The van der Waals surface area contributed by atoms with Crippen LogP contribution in [-0.2, 0) is 7.86 Å². The molecule has 0 spiro atoms. The summed E-state index contributed by atoms with van der Waals surface area (Å²) in [6.07, 6.45) is -6.31. The topological polar surface area (TPSA) is 107 Å². The molecule has 4 N–H and O–H groups in total. The van der Waals surface area contributed by atoms with Crippen LogP contribution in [-0.4, -0.2) is 57.7 Å². The van der Waals surface area contributed by atoms with Crippen molar-refractivity contribution in [1.29, 1.82) is 0 Å². The molecular weight excluding hydrogens is 295 g/mol. The van der Waals surface area contributed by atoms with Crippen molar-refractivity contribution in [2.75, 3.05) is 6.61 Å². The van der Waals surface area contributed by atoms with Gasteiger partial charge >= 0.3 is 0 Å². The largest absolute Gasteiger partial charge is 0.388 e. The van der Waals surface area contributed by atoms with Crippen LogP contribution in [0.1, 0.15) is 0 Å². The Morgan fingerprint density at radius 3 is 2.15 bits per heavy atom. The molecule has 0 aromatic heterocycles. The van der Waals surface area contributed by atoms with Gasteiger partial charge in [0.25, 0.3) is 0 Å². The van der Waals surface area contributed by atoms with Crippen LogP contribution in [0.2, 0.25) is 0 Å². The van der Waals surface area contributed by atoms with Crippen molar-refractivity contribution in [2.24, 2.45) is 0 Å². The molecule has 0 radical (unpaired) electrons. The smallest absolute Gasteiger partial charge is 0.151 e. The highest BCUT2D eigenvalue weighted by atomic mass is 127. The molecule has 0 saturated carbocycles. The zero-order chi connectivity index (χ0) is 10.4. The lowest BCUT2D eigenvalue weighted by Crippen LogP contribution is -2.46. The number of aliphatic hydroxyl groups excluding tert-OH is 4. The van der Waals surface area contributed by atoms with Gasteiger partial charge in [0, 0.05) is 0 Å². The lowest BCUT2D eigenvalue weighted by atomic mass is 10.0. The van der Waals surface area contributed by atoms with Gasteiger partial charge in [-0.1, -0.05) is 0 Å². The summed E-state index contributed by atoms with van der Waals surface area (Å²) < 4.78 is 4.47. The number of hydrogen-bond donors (Lipinski definition) is 4. The Labute approximate surface area is 88.8 Å². The molecule has 0 heterocycles. The Morgan fingerprint density at radius 1 is 1.23 bits per heavy atom. The minimum Gasteiger partial charge on any atom is -0.388 e. The lowest BCUT2D eigenvalue weighted by Gasteiger charge is -2.23. The average Bonchev–Trinajstić information content (AvgIpc) is 2.14. The van der Waals surface area contributed by atoms with Crippen LogP contribution in [0.3, 0.4) is 0 Å². The van der Waals surface area contributed by atoms with Gasteiger partial charge in [-0.15, -0.1) is 0 Å². The molecule has 0 aliphatic rings. The van der Waals surface area contributed by atoms with E-state index in [-0.39, 0.29) is 12.9 Å². The molecule has 0 bridgehead atoms. The summed E-state index contributed by atoms with van der Waals surface area (Å²) >= 11 is 1.50. The highest BCUT2D eigenvalue weighted by Gasteiger charge is 2.29. The Hall–Kier alpha value is 0.200. The highest BCUT2D eigenvalue weighted by Crippen LogP contribution is 2.05. The third kappa shape index (κ3) is 4.29. The van der Waals surface area contributed by atoms with Gasteiger partial charge in [-0.2, -0.15) is 0 Å². The average molecular weight is 306 g/mol. The van der Waals surface area contributed by atoms with Crippen molar-refractivity contribution >= 4 is 29.3 Å². The quantitative estimate of drug-likeness (QED) is 0.334. The van der Waals surface area contributed by atoms with E-state index in [9.17, 15) is 4.79 Å². The molecule has 0 aromatic rings. The second kappa shape index (κ2) is 6.62. The predicted octanol–water partition coefficient (Wildman–Crippen LogP) is -2.00. The molecule has 7 heteroatoms. The molecule has 78 valence electrons. The second-order valence-electron chi connectivity index (χ2n) is 2.45. The fourth-order valence-corrected chi connectivity index (χ4v) is 1.04. The van der Waals surface area contributed by atoms with Crippen molar-refractivity contribution in [3.8, 4) is 0 Å². The number of carbonyl (C=O) groups excluding carboxylic acids is 1. The first-order chi connectivity index (χ1) is 6.04. The van der Waals surface area contributed by atoms with Crippen LogP contribution in [0, 0.1) is 0 Å². The maximum atomic E-state index is 10.00. The van der Waals surface area contributed by atoms with Gasteiger partial charge in [-0.25, -0.2) is 0 Å². The van der Waals surface area contributed by atoms with E-state index in [1.165, 1.54) is 23.0 Å². The van der Waals surface area contributed by atoms with E-state index >= 15 is 0 Å². The summed E-state index contributed by atoms with van der Waals surface area (Å²) in [6.45, 7) is -0.204. The maximum Gasteiger partial charge on any atom is 0.151 e. The second-order valence-corrected chi connectivity index (χ2v) is 3.07. The molecule has 6 nitrogen and oxygen atoms in total. The number of aliphatic hydroxyl groups is 4. The molecule has 0 amide bonds. The molecule has 0 aromatic carbocycles. The number of hydrogen-bond acceptors (Lipinski definition) is 6. The normalized spacial score (nSPS) is 20.4. The van der Waals surface area contributed by atoms with E-state index in [4.69, 9.17) is 20.4 Å². The fraction of sp³-hybridized carbons (Fsp3) is 0.833.